The Morgan fingerprint density at radius 2 is 1.67 bits per heavy atom. The number of ether oxygens (including phenoxy) is 1. The summed E-state index contributed by atoms with van der Waals surface area (Å²) in [5.41, 5.74) is 1.57. The lowest BCUT2D eigenvalue weighted by Gasteiger charge is -2.32. The molecule has 0 aromatic heterocycles. The van der Waals surface area contributed by atoms with Crippen LogP contribution in [0.15, 0.2) is 65.6 Å². The third-order valence-corrected chi connectivity index (χ3v) is 9.33. The van der Waals surface area contributed by atoms with Crippen molar-refractivity contribution in [1.82, 2.24) is 10.2 Å². The van der Waals surface area contributed by atoms with Gasteiger partial charge in [0, 0.05) is 23.1 Å². The number of aryl methyl sites for hydroxylation is 1. The van der Waals surface area contributed by atoms with Crippen molar-refractivity contribution in [3.8, 4) is 5.75 Å². The van der Waals surface area contributed by atoms with Gasteiger partial charge in [-0.05, 0) is 68.3 Å². The van der Waals surface area contributed by atoms with Crippen molar-refractivity contribution < 1.29 is 22.7 Å². The van der Waals surface area contributed by atoms with Crippen LogP contribution in [0, 0.1) is 6.92 Å². The minimum atomic E-state index is -4.24. The van der Waals surface area contributed by atoms with Crippen LogP contribution in [0.5, 0.6) is 5.75 Å². The van der Waals surface area contributed by atoms with Crippen LogP contribution in [0.4, 0.5) is 5.69 Å². The number of rotatable bonds is 13. The summed E-state index contributed by atoms with van der Waals surface area (Å²) in [5.74, 6) is -0.653. The molecule has 3 aromatic rings. The highest BCUT2D eigenvalue weighted by Gasteiger charge is 2.33. The van der Waals surface area contributed by atoms with Gasteiger partial charge in [-0.1, -0.05) is 71.9 Å². The van der Waals surface area contributed by atoms with Crippen LogP contribution in [0.1, 0.15) is 37.8 Å². The van der Waals surface area contributed by atoms with Gasteiger partial charge in [0.2, 0.25) is 11.8 Å². The summed E-state index contributed by atoms with van der Waals surface area (Å²) in [5, 5.41) is 3.74. The van der Waals surface area contributed by atoms with Crippen molar-refractivity contribution in [2.75, 3.05) is 24.5 Å². The quantitative estimate of drug-likeness (QED) is 0.213. The molecule has 0 fully saturated rings. The molecule has 3 aromatic carbocycles. The highest BCUT2D eigenvalue weighted by atomic mass is 35.5. The number of anilines is 1. The van der Waals surface area contributed by atoms with E-state index in [2.05, 4.69) is 5.32 Å². The largest absolute Gasteiger partial charge is 0.495 e. The fraction of sp³-hybridized carbons (Fsp3) is 0.333. The van der Waals surface area contributed by atoms with Gasteiger partial charge in [0.05, 0.1) is 22.7 Å². The van der Waals surface area contributed by atoms with E-state index in [1.54, 1.807) is 37.3 Å². The number of amides is 2. The molecule has 0 spiro atoms. The Morgan fingerprint density at radius 1 is 0.976 bits per heavy atom. The van der Waals surface area contributed by atoms with E-state index in [1.165, 1.54) is 42.3 Å². The Labute approximate surface area is 262 Å². The third-order valence-electron chi connectivity index (χ3n) is 6.66. The maximum absolute atomic E-state index is 14.0. The van der Waals surface area contributed by atoms with E-state index in [0.717, 1.165) is 22.7 Å². The van der Waals surface area contributed by atoms with Gasteiger partial charge in [-0.15, -0.1) is 0 Å². The predicted octanol–water partition coefficient (Wildman–Crippen LogP) is 6.49. The number of unbranched alkanes of at least 4 members (excludes halogenated alkanes) is 1. The smallest absolute Gasteiger partial charge is 0.264 e. The molecular weight excluding hydrogens is 621 g/mol. The molecular formula is C30H34Cl3N3O5S. The van der Waals surface area contributed by atoms with Crippen molar-refractivity contribution >= 4 is 62.3 Å². The van der Waals surface area contributed by atoms with Crippen molar-refractivity contribution in [3.05, 3.63) is 86.9 Å². The summed E-state index contributed by atoms with van der Waals surface area (Å²) in [4.78, 5) is 28.4. The summed E-state index contributed by atoms with van der Waals surface area (Å²) in [6, 6.07) is 14.6. The maximum Gasteiger partial charge on any atom is 0.264 e. The van der Waals surface area contributed by atoms with Crippen LogP contribution in [-0.4, -0.2) is 51.4 Å². The second-order valence-electron chi connectivity index (χ2n) is 9.72. The number of benzene rings is 3. The summed E-state index contributed by atoms with van der Waals surface area (Å²) < 4.78 is 34.1. The summed E-state index contributed by atoms with van der Waals surface area (Å²) in [7, 11) is -2.80. The SMILES string of the molecule is CCCCNC(=O)C(C)N(Cc1ccc(Cl)cc1Cl)C(=O)CN(c1ccc(OC)c(Cl)c1)S(=O)(=O)c1ccc(C)cc1. The summed E-state index contributed by atoms with van der Waals surface area (Å²) in [6.45, 7) is 5.21. The lowest BCUT2D eigenvalue weighted by Crippen LogP contribution is -2.51. The van der Waals surface area contributed by atoms with Gasteiger partial charge in [-0.25, -0.2) is 8.42 Å². The average Bonchev–Trinajstić information content (AvgIpc) is 2.95. The number of sulfonamides is 1. The van der Waals surface area contributed by atoms with Gasteiger partial charge in [-0.2, -0.15) is 0 Å². The van der Waals surface area contributed by atoms with Crippen molar-refractivity contribution in [2.45, 2.75) is 51.1 Å². The van der Waals surface area contributed by atoms with E-state index < -0.39 is 28.5 Å². The lowest BCUT2D eigenvalue weighted by atomic mass is 10.1. The second kappa shape index (κ2) is 15.0. The fourth-order valence-electron chi connectivity index (χ4n) is 4.13. The number of nitrogens with one attached hydrogen (secondary N) is 1. The van der Waals surface area contributed by atoms with Crippen LogP contribution < -0.4 is 14.4 Å². The maximum atomic E-state index is 14.0. The van der Waals surface area contributed by atoms with Gasteiger partial charge in [0.15, 0.2) is 0 Å². The number of methoxy groups -OCH3 is 1. The first kappa shape index (κ1) is 33.5. The Kier molecular flexibility index (Phi) is 11.9. The standard InChI is InChI=1S/C30H34Cl3N3O5S/c1-5-6-15-34-30(38)21(3)35(18-22-9-10-23(31)16-26(22)32)29(37)19-36(24-11-14-28(41-4)27(33)17-24)42(39,40)25-12-7-20(2)8-13-25/h7-14,16-17,21H,5-6,15,18-19H2,1-4H3,(H,34,38). The van der Waals surface area contributed by atoms with Crippen molar-refractivity contribution in [3.63, 3.8) is 0 Å². The number of carbonyl (C=O) groups is 2. The van der Waals surface area contributed by atoms with Crippen LogP contribution in [0.25, 0.3) is 0 Å². The van der Waals surface area contributed by atoms with Gasteiger partial charge in [0.1, 0.15) is 18.3 Å². The molecule has 0 aliphatic carbocycles. The molecule has 2 amide bonds. The number of hydrogen-bond acceptors (Lipinski definition) is 5. The molecule has 12 heteroatoms. The van der Waals surface area contributed by atoms with Gasteiger partial charge < -0.3 is 15.0 Å². The van der Waals surface area contributed by atoms with E-state index in [1.807, 2.05) is 13.8 Å². The topological polar surface area (TPSA) is 96.0 Å². The van der Waals surface area contributed by atoms with E-state index >= 15 is 0 Å². The molecule has 0 radical (unpaired) electrons. The zero-order valence-electron chi connectivity index (χ0n) is 23.9. The molecule has 0 saturated carbocycles. The monoisotopic (exact) mass is 653 g/mol. The molecule has 1 atom stereocenters. The zero-order valence-corrected chi connectivity index (χ0v) is 26.9. The Morgan fingerprint density at radius 3 is 2.26 bits per heavy atom. The molecule has 42 heavy (non-hydrogen) atoms. The van der Waals surface area contributed by atoms with Gasteiger partial charge >= 0.3 is 0 Å². The Balaban J connectivity index is 2.06. The average molecular weight is 655 g/mol. The molecule has 1 N–H and O–H groups in total. The molecule has 1 unspecified atom stereocenters. The molecule has 3 rings (SSSR count). The van der Waals surface area contributed by atoms with E-state index in [9.17, 15) is 18.0 Å². The summed E-state index contributed by atoms with van der Waals surface area (Å²) in [6.07, 6.45) is 1.66. The summed E-state index contributed by atoms with van der Waals surface area (Å²) >= 11 is 18.8. The third kappa shape index (κ3) is 8.31. The molecule has 0 bridgehead atoms. The molecule has 0 saturated heterocycles. The van der Waals surface area contributed by atoms with E-state index in [-0.39, 0.29) is 28.1 Å². The first-order valence-corrected chi connectivity index (χ1v) is 15.9. The Hall–Kier alpha value is -2.98. The molecule has 8 nitrogen and oxygen atoms in total. The number of carbonyl (C=O) groups excluding carboxylic acids is 2. The Bertz CT molecular complexity index is 1520. The molecule has 226 valence electrons. The number of halogens is 3. The van der Waals surface area contributed by atoms with E-state index in [4.69, 9.17) is 39.5 Å². The number of nitrogens with zero attached hydrogens (tertiary/aromatic N) is 2. The van der Waals surface area contributed by atoms with Crippen LogP contribution >= 0.6 is 34.8 Å². The second-order valence-corrected chi connectivity index (χ2v) is 12.8. The van der Waals surface area contributed by atoms with E-state index in [0.29, 0.717) is 27.9 Å². The van der Waals surface area contributed by atoms with Crippen LogP contribution in [-0.2, 0) is 26.2 Å². The minimum Gasteiger partial charge on any atom is -0.495 e. The molecule has 0 heterocycles. The first-order chi connectivity index (χ1) is 19.9. The van der Waals surface area contributed by atoms with Crippen LogP contribution in [0.3, 0.4) is 0 Å². The number of hydrogen-bond donors (Lipinski definition) is 1. The fourth-order valence-corrected chi connectivity index (χ4v) is 6.25. The normalized spacial score (nSPS) is 12.0. The van der Waals surface area contributed by atoms with Crippen LogP contribution in [0.2, 0.25) is 15.1 Å². The van der Waals surface area contributed by atoms with Gasteiger partial charge in [-0.3, -0.25) is 13.9 Å². The molecule has 0 aliphatic rings. The highest BCUT2D eigenvalue weighted by molar-refractivity contribution is 7.92. The zero-order chi connectivity index (χ0) is 31.0. The molecule has 0 aliphatic heterocycles. The van der Waals surface area contributed by atoms with Gasteiger partial charge in [0.25, 0.3) is 10.0 Å². The van der Waals surface area contributed by atoms with Crippen molar-refractivity contribution in [1.29, 1.82) is 0 Å². The first-order valence-electron chi connectivity index (χ1n) is 13.3. The predicted molar refractivity (Wildman–Crippen MR) is 168 cm³/mol. The lowest BCUT2D eigenvalue weighted by molar-refractivity contribution is -0.139. The van der Waals surface area contributed by atoms with Crippen molar-refractivity contribution in [2.24, 2.45) is 0 Å². The highest BCUT2D eigenvalue weighted by Crippen LogP contribution is 2.32. The minimum absolute atomic E-state index is 0.00880.